The van der Waals surface area contributed by atoms with Gasteiger partial charge in [0.2, 0.25) is 0 Å². The van der Waals surface area contributed by atoms with E-state index in [-0.39, 0.29) is 0 Å². The number of carbonyl (C=O) groups is 1. The number of nitrogens with one attached hydrogen (secondary N) is 1. The number of methoxy groups -OCH3 is 1. The largest absolute Gasteiger partial charge is 0.385 e. The number of unbranched alkanes of at least 4 members (excludes halogenated alkanes) is 2. The van der Waals surface area contributed by atoms with Crippen LogP contribution >= 0.6 is 23.2 Å². The molecule has 0 aliphatic heterocycles. The first kappa shape index (κ1) is 17.2. The number of halogens is 2. The van der Waals surface area contributed by atoms with Gasteiger partial charge >= 0.3 is 0 Å². The van der Waals surface area contributed by atoms with Gasteiger partial charge in [-0.25, -0.2) is 0 Å². The lowest BCUT2D eigenvalue weighted by molar-refractivity contribution is -0.129. The lowest BCUT2D eigenvalue weighted by Crippen LogP contribution is -2.30. The number of aliphatic hydroxyl groups excluding tert-OH is 1. The zero-order valence-electron chi connectivity index (χ0n) is 11.4. The molecule has 1 unspecified atom stereocenters. The smallest absolute Gasteiger partial charge is 0.253 e. The van der Waals surface area contributed by atoms with Crippen LogP contribution in [-0.2, 0) is 9.53 Å². The Kier molecular flexibility index (Phi) is 7.92. The van der Waals surface area contributed by atoms with Crippen molar-refractivity contribution in [3.8, 4) is 0 Å². The van der Waals surface area contributed by atoms with Gasteiger partial charge < -0.3 is 15.2 Å². The van der Waals surface area contributed by atoms with Gasteiger partial charge in [0, 0.05) is 30.3 Å². The van der Waals surface area contributed by atoms with Crippen LogP contribution in [0.4, 0.5) is 0 Å². The number of benzene rings is 1. The third-order valence-electron chi connectivity index (χ3n) is 2.77. The SMILES string of the molecule is COCCCCCNC(=O)C(O)c1cc(Cl)cc(Cl)c1. The third-order valence-corrected chi connectivity index (χ3v) is 3.21. The molecular formula is C14H19Cl2NO3. The van der Waals surface area contributed by atoms with Crippen LogP contribution in [0.25, 0.3) is 0 Å². The molecule has 4 nitrogen and oxygen atoms in total. The average molecular weight is 320 g/mol. The van der Waals surface area contributed by atoms with Crippen LogP contribution in [0, 0.1) is 0 Å². The molecule has 0 fully saturated rings. The number of aliphatic hydroxyl groups is 1. The lowest BCUT2D eigenvalue weighted by atomic mass is 10.1. The Bertz CT molecular complexity index is 420. The average Bonchev–Trinajstić information content (AvgIpc) is 2.40. The summed E-state index contributed by atoms with van der Waals surface area (Å²) in [7, 11) is 1.66. The molecule has 112 valence electrons. The van der Waals surface area contributed by atoms with E-state index < -0.39 is 12.0 Å². The van der Waals surface area contributed by atoms with E-state index in [1.165, 1.54) is 12.1 Å². The van der Waals surface area contributed by atoms with E-state index >= 15 is 0 Å². The van der Waals surface area contributed by atoms with Crippen molar-refractivity contribution in [1.82, 2.24) is 5.32 Å². The maximum atomic E-state index is 11.8. The number of carbonyl (C=O) groups excluding carboxylic acids is 1. The zero-order valence-corrected chi connectivity index (χ0v) is 12.9. The maximum Gasteiger partial charge on any atom is 0.253 e. The van der Waals surface area contributed by atoms with Crippen molar-refractivity contribution in [3.63, 3.8) is 0 Å². The molecule has 6 heteroatoms. The Balaban J connectivity index is 2.39. The molecule has 0 spiro atoms. The fourth-order valence-electron chi connectivity index (χ4n) is 1.74. The minimum atomic E-state index is -1.26. The minimum absolute atomic E-state index is 0.388. The van der Waals surface area contributed by atoms with Crippen molar-refractivity contribution in [2.75, 3.05) is 20.3 Å². The number of amides is 1. The number of ether oxygens (including phenoxy) is 1. The second-order valence-electron chi connectivity index (χ2n) is 4.45. The summed E-state index contributed by atoms with van der Waals surface area (Å²) in [6, 6.07) is 4.60. The molecule has 1 atom stereocenters. The third kappa shape index (κ3) is 6.09. The monoisotopic (exact) mass is 319 g/mol. The summed E-state index contributed by atoms with van der Waals surface area (Å²) in [4.78, 5) is 11.8. The molecule has 0 radical (unpaired) electrons. The highest BCUT2D eigenvalue weighted by molar-refractivity contribution is 6.34. The molecular weight excluding hydrogens is 301 g/mol. The van der Waals surface area contributed by atoms with Crippen LogP contribution in [0.15, 0.2) is 18.2 Å². The van der Waals surface area contributed by atoms with Gasteiger partial charge in [-0.3, -0.25) is 4.79 Å². The fraction of sp³-hybridized carbons (Fsp3) is 0.500. The van der Waals surface area contributed by atoms with Crippen molar-refractivity contribution < 1.29 is 14.6 Å². The van der Waals surface area contributed by atoms with Crippen LogP contribution in [0.1, 0.15) is 30.9 Å². The highest BCUT2D eigenvalue weighted by atomic mass is 35.5. The second-order valence-corrected chi connectivity index (χ2v) is 5.32. The Labute approximate surface area is 129 Å². The first-order chi connectivity index (χ1) is 9.54. The van der Waals surface area contributed by atoms with Gasteiger partial charge in [-0.2, -0.15) is 0 Å². The molecule has 0 saturated carbocycles. The summed E-state index contributed by atoms with van der Waals surface area (Å²) < 4.78 is 4.94. The van der Waals surface area contributed by atoms with Gasteiger partial charge in [0.1, 0.15) is 0 Å². The molecule has 1 aromatic carbocycles. The highest BCUT2D eigenvalue weighted by Crippen LogP contribution is 2.23. The number of rotatable bonds is 8. The van der Waals surface area contributed by atoms with Gasteiger partial charge in [0.25, 0.3) is 5.91 Å². The Morgan fingerprint density at radius 3 is 2.50 bits per heavy atom. The van der Waals surface area contributed by atoms with Crippen LogP contribution < -0.4 is 5.32 Å². The molecule has 0 aliphatic carbocycles. The molecule has 0 aromatic heterocycles. The molecule has 20 heavy (non-hydrogen) atoms. The van der Waals surface area contributed by atoms with Crippen LogP contribution in [-0.4, -0.2) is 31.3 Å². The van der Waals surface area contributed by atoms with Gasteiger partial charge in [0.15, 0.2) is 6.10 Å². The molecule has 1 amide bonds. The van der Waals surface area contributed by atoms with Gasteiger partial charge in [-0.05, 0) is 43.0 Å². The summed E-state index contributed by atoms with van der Waals surface area (Å²) in [5.41, 5.74) is 0.388. The van der Waals surface area contributed by atoms with E-state index in [0.29, 0.717) is 22.2 Å². The minimum Gasteiger partial charge on any atom is -0.385 e. The number of hydrogen-bond donors (Lipinski definition) is 2. The number of hydrogen-bond acceptors (Lipinski definition) is 3. The van der Waals surface area contributed by atoms with Crippen LogP contribution in [0.5, 0.6) is 0 Å². The summed E-state index contributed by atoms with van der Waals surface area (Å²) in [5, 5.41) is 13.4. The molecule has 1 rings (SSSR count). The van der Waals surface area contributed by atoms with Gasteiger partial charge in [0.05, 0.1) is 0 Å². The Hall–Kier alpha value is -0.810. The normalized spacial score (nSPS) is 12.2. The molecule has 2 N–H and O–H groups in total. The predicted octanol–water partition coefficient (Wildman–Crippen LogP) is 2.96. The maximum absolute atomic E-state index is 11.8. The van der Waals surface area contributed by atoms with E-state index in [4.69, 9.17) is 27.9 Å². The second kappa shape index (κ2) is 9.19. The summed E-state index contributed by atoms with van der Waals surface area (Å²) in [6.45, 7) is 1.24. The highest BCUT2D eigenvalue weighted by Gasteiger charge is 2.17. The molecule has 0 heterocycles. The predicted molar refractivity (Wildman–Crippen MR) is 80.2 cm³/mol. The molecule has 1 aromatic rings. The quantitative estimate of drug-likeness (QED) is 0.724. The van der Waals surface area contributed by atoms with E-state index in [0.717, 1.165) is 25.9 Å². The lowest BCUT2D eigenvalue weighted by Gasteiger charge is -2.12. The first-order valence-electron chi connectivity index (χ1n) is 6.45. The summed E-state index contributed by atoms with van der Waals surface area (Å²) >= 11 is 11.7. The van der Waals surface area contributed by atoms with Crippen LogP contribution in [0.3, 0.4) is 0 Å². The summed E-state index contributed by atoms with van der Waals surface area (Å²) in [5.74, 6) is -0.449. The molecule has 0 saturated heterocycles. The van der Waals surface area contributed by atoms with Crippen molar-refractivity contribution >= 4 is 29.1 Å². The zero-order chi connectivity index (χ0) is 15.0. The first-order valence-corrected chi connectivity index (χ1v) is 7.21. The summed E-state index contributed by atoms with van der Waals surface area (Å²) in [6.07, 6.45) is 1.51. The van der Waals surface area contributed by atoms with Crippen molar-refractivity contribution in [2.24, 2.45) is 0 Å². The van der Waals surface area contributed by atoms with Gasteiger partial charge in [-0.1, -0.05) is 23.2 Å². The standard InChI is InChI=1S/C14H19Cl2NO3/c1-20-6-4-2-3-5-17-14(19)13(18)10-7-11(15)9-12(16)8-10/h7-9,13,18H,2-6H2,1H3,(H,17,19). The van der Waals surface area contributed by atoms with E-state index in [1.807, 2.05) is 0 Å². The van der Waals surface area contributed by atoms with Crippen LogP contribution in [0.2, 0.25) is 10.0 Å². The van der Waals surface area contributed by atoms with E-state index in [1.54, 1.807) is 13.2 Å². The van der Waals surface area contributed by atoms with Crippen molar-refractivity contribution in [2.45, 2.75) is 25.4 Å². The van der Waals surface area contributed by atoms with Crippen molar-refractivity contribution in [3.05, 3.63) is 33.8 Å². The van der Waals surface area contributed by atoms with Gasteiger partial charge in [-0.15, -0.1) is 0 Å². The van der Waals surface area contributed by atoms with Crippen molar-refractivity contribution in [1.29, 1.82) is 0 Å². The molecule has 0 aliphatic rings. The Morgan fingerprint density at radius 2 is 1.90 bits per heavy atom. The fourth-order valence-corrected chi connectivity index (χ4v) is 2.28. The topological polar surface area (TPSA) is 58.6 Å². The Morgan fingerprint density at radius 1 is 1.25 bits per heavy atom. The van der Waals surface area contributed by atoms with E-state index in [9.17, 15) is 9.90 Å². The molecule has 0 bridgehead atoms. The van der Waals surface area contributed by atoms with E-state index in [2.05, 4.69) is 5.32 Å².